The van der Waals surface area contributed by atoms with E-state index in [0.717, 1.165) is 28.7 Å². The van der Waals surface area contributed by atoms with Gasteiger partial charge in [0.25, 0.3) is 5.95 Å². The molecule has 3 aromatic carbocycles. The smallest absolute Gasteiger partial charge is 0.253 e. The highest BCUT2D eigenvalue weighted by atomic mass is 15.2. The van der Waals surface area contributed by atoms with Crippen molar-refractivity contribution in [1.82, 2.24) is 9.97 Å². The molecule has 0 spiro atoms. The molecule has 0 amide bonds. The monoisotopic (exact) mass is 367 g/mol. The highest BCUT2D eigenvalue weighted by Crippen LogP contribution is 2.18. The lowest BCUT2D eigenvalue weighted by Crippen LogP contribution is -2.22. The zero-order valence-electron chi connectivity index (χ0n) is 15.6. The molecular weight excluding hydrogens is 346 g/mol. The van der Waals surface area contributed by atoms with Gasteiger partial charge in [0.2, 0.25) is 5.96 Å². The van der Waals surface area contributed by atoms with Crippen LogP contribution in [0.15, 0.2) is 83.9 Å². The average Bonchev–Trinajstić information content (AvgIpc) is 2.69. The average molecular weight is 367 g/mol. The first-order chi connectivity index (χ1) is 13.7. The molecule has 5 heteroatoms. The number of benzene rings is 3. The van der Waals surface area contributed by atoms with E-state index in [0.29, 0.717) is 5.95 Å². The second-order valence-electron chi connectivity index (χ2n) is 6.61. The summed E-state index contributed by atoms with van der Waals surface area (Å²) >= 11 is 0. The van der Waals surface area contributed by atoms with Crippen molar-refractivity contribution in [2.75, 3.05) is 5.32 Å². The van der Waals surface area contributed by atoms with Gasteiger partial charge < -0.3 is 11.1 Å². The summed E-state index contributed by atoms with van der Waals surface area (Å²) in [4.78, 5) is 13.3. The van der Waals surface area contributed by atoms with Crippen molar-refractivity contribution in [1.29, 1.82) is 0 Å². The summed E-state index contributed by atoms with van der Waals surface area (Å²) in [5.74, 6) is 0.605. The van der Waals surface area contributed by atoms with E-state index >= 15 is 0 Å². The van der Waals surface area contributed by atoms with Crippen LogP contribution in [0.3, 0.4) is 0 Å². The van der Waals surface area contributed by atoms with Crippen LogP contribution in [-0.2, 0) is 6.42 Å². The van der Waals surface area contributed by atoms with Gasteiger partial charge in [-0.3, -0.25) is 0 Å². The Labute approximate surface area is 164 Å². The standard InChI is InChI=1S/C23H21N5/c1-16-20-12-5-6-13-21(20)27-23(25-16)28-22(24)26-19-11-7-10-18(15-19)14-17-8-3-2-4-9-17/h2-13,15H,14H2,1H3,(H3,24,25,26,27,28). The first-order valence-electron chi connectivity index (χ1n) is 9.15. The third-order valence-electron chi connectivity index (χ3n) is 4.45. The van der Waals surface area contributed by atoms with Gasteiger partial charge in [-0.25, -0.2) is 9.97 Å². The molecular formula is C23H21N5. The maximum absolute atomic E-state index is 6.09. The lowest BCUT2D eigenvalue weighted by molar-refractivity contribution is 1.12. The predicted molar refractivity (Wildman–Crippen MR) is 115 cm³/mol. The molecule has 0 aliphatic rings. The molecule has 138 valence electrons. The van der Waals surface area contributed by atoms with Gasteiger partial charge in [0.15, 0.2) is 0 Å². The van der Waals surface area contributed by atoms with Gasteiger partial charge in [-0.05, 0) is 42.7 Å². The van der Waals surface area contributed by atoms with Crippen molar-refractivity contribution >= 4 is 28.5 Å². The van der Waals surface area contributed by atoms with Crippen molar-refractivity contribution in [3.63, 3.8) is 0 Å². The molecule has 0 fully saturated rings. The van der Waals surface area contributed by atoms with E-state index in [1.54, 1.807) is 0 Å². The highest BCUT2D eigenvalue weighted by molar-refractivity contribution is 5.94. The van der Waals surface area contributed by atoms with Crippen LogP contribution in [0.25, 0.3) is 10.9 Å². The fraction of sp³-hybridized carbons (Fsp3) is 0.0870. The number of rotatable bonds is 4. The number of guanidine groups is 1. The highest BCUT2D eigenvalue weighted by Gasteiger charge is 2.05. The molecule has 0 saturated heterocycles. The Kier molecular flexibility index (Phi) is 4.97. The molecule has 0 saturated carbocycles. The Morgan fingerprint density at radius 3 is 2.50 bits per heavy atom. The Balaban J connectivity index is 1.53. The van der Waals surface area contributed by atoms with Crippen LogP contribution in [-0.4, -0.2) is 15.9 Å². The zero-order valence-corrected chi connectivity index (χ0v) is 15.6. The lowest BCUT2D eigenvalue weighted by Gasteiger charge is -2.08. The van der Waals surface area contributed by atoms with Crippen LogP contribution in [0.2, 0.25) is 0 Å². The van der Waals surface area contributed by atoms with E-state index in [-0.39, 0.29) is 5.96 Å². The van der Waals surface area contributed by atoms with Crippen molar-refractivity contribution < 1.29 is 0 Å². The summed E-state index contributed by atoms with van der Waals surface area (Å²) in [6.45, 7) is 1.94. The molecule has 1 aromatic heterocycles. The van der Waals surface area contributed by atoms with Gasteiger partial charge in [-0.1, -0.05) is 60.7 Å². The molecule has 4 aromatic rings. The van der Waals surface area contributed by atoms with E-state index in [9.17, 15) is 0 Å². The molecule has 0 bridgehead atoms. The maximum atomic E-state index is 6.09. The van der Waals surface area contributed by atoms with Gasteiger partial charge in [0, 0.05) is 11.1 Å². The SMILES string of the molecule is Cc1nc(N=C(N)Nc2cccc(Cc3ccccc3)c2)nc2ccccc12. The molecule has 4 rings (SSSR count). The lowest BCUT2D eigenvalue weighted by atomic mass is 10.0. The molecule has 0 aliphatic carbocycles. The summed E-state index contributed by atoms with van der Waals surface area (Å²) in [6.07, 6.45) is 0.861. The maximum Gasteiger partial charge on any atom is 0.253 e. The second kappa shape index (κ2) is 7.88. The summed E-state index contributed by atoms with van der Waals surface area (Å²) in [6, 6.07) is 26.4. The first-order valence-corrected chi connectivity index (χ1v) is 9.15. The first kappa shape index (κ1) is 17.7. The van der Waals surface area contributed by atoms with E-state index in [4.69, 9.17) is 5.73 Å². The summed E-state index contributed by atoms with van der Waals surface area (Å²) in [5.41, 5.74) is 11.2. The molecule has 0 atom stereocenters. The van der Waals surface area contributed by atoms with Gasteiger partial charge in [-0.2, -0.15) is 4.99 Å². The number of nitrogens with two attached hydrogens (primary N) is 1. The fourth-order valence-corrected chi connectivity index (χ4v) is 3.14. The molecule has 0 unspecified atom stereocenters. The van der Waals surface area contributed by atoms with Gasteiger partial charge in [-0.15, -0.1) is 0 Å². The molecule has 1 heterocycles. The van der Waals surface area contributed by atoms with Gasteiger partial charge >= 0.3 is 0 Å². The van der Waals surface area contributed by atoms with Crippen molar-refractivity contribution in [3.05, 3.63) is 95.7 Å². The minimum atomic E-state index is 0.256. The fourth-order valence-electron chi connectivity index (χ4n) is 3.14. The van der Waals surface area contributed by atoms with E-state index in [2.05, 4.69) is 44.5 Å². The van der Waals surface area contributed by atoms with Crippen molar-refractivity contribution in [2.45, 2.75) is 13.3 Å². The Morgan fingerprint density at radius 2 is 1.64 bits per heavy atom. The number of anilines is 1. The topological polar surface area (TPSA) is 76.2 Å². The van der Waals surface area contributed by atoms with E-state index < -0.39 is 0 Å². The number of nitrogens with one attached hydrogen (secondary N) is 1. The number of para-hydroxylation sites is 1. The van der Waals surface area contributed by atoms with Crippen molar-refractivity contribution in [3.8, 4) is 0 Å². The third-order valence-corrected chi connectivity index (χ3v) is 4.45. The van der Waals surface area contributed by atoms with Crippen LogP contribution in [0.5, 0.6) is 0 Å². The van der Waals surface area contributed by atoms with Crippen LogP contribution in [0.1, 0.15) is 16.8 Å². The van der Waals surface area contributed by atoms with Crippen molar-refractivity contribution in [2.24, 2.45) is 10.7 Å². The van der Waals surface area contributed by atoms with Gasteiger partial charge in [0.05, 0.1) is 11.2 Å². The Hall–Kier alpha value is -3.73. The number of fused-ring (bicyclic) bond motifs is 1. The minimum absolute atomic E-state index is 0.256. The van der Waals surface area contributed by atoms with Crippen LogP contribution in [0.4, 0.5) is 11.6 Å². The molecule has 0 radical (unpaired) electrons. The van der Waals surface area contributed by atoms with Crippen LogP contribution in [0, 0.1) is 6.92 Å². The minimum Gasteiger partial charge on any atom is -0.369 e. The van der Waals surface area contributed by atoms with E-state index in [1.165, 1.54) is 11.1 Å². The summed E-state index contributed by atoms with van der Waals surface area (Å²) < 4.78 is 0. The number of nitrogens with zero attached hydrogens (tertiary/aromatic N) is 3. The summed E-state index contributed by atoms with van der Waals surface area (Å²) in [7, 11) is 0. The Morgan fingerprint density at radius 1 is 0.893 bits per heavy atom. The largest absolute Gasteiger partial charge is 0.369 e. The second-order valence-corrected chi connectivity index (χ2v) is 6.61. The quantitative estimate of drug-likeness (QED) is 0.409. The number of hydrogen-bond donors (Lipinski definition) is 2. The zero-order chi connectivity index (χ0) is 19.3. The molecule has 3 N–H and O–H groups in total. The number of aryl methyl sites for hydroxylation is 1. The summed E-state index contributed by atoms with van der Waals surface area (Å²) in [5, 5.41) is 4.15. The number of hydrogen-bond acceptors (Lipinski definition) is 3. The molecule has 0 aliphatic heterocycles. The number of aromatic nitrogens is 2. The molecule has 28 heavy (non-hydrogen) atoms. The van der Waals surface area contributed by atoms with Crippen LogP contribution >= 0.6 is 0 Å². The van der Waals surface area contributed by atoms with Gasteiger partial charge in [0.1, 0.15) is 0 Å². The predicted octanol–water partition coefficient (Wildman–Crippen LogP) is 4.59. The Bertz CT molecular complexity index is 1140. The van der Waals surface area contributed by atoms with Crippen LogP contribution < -0.4 is 11.1 Å². The normalized spacial score (nSPS) is 11.5. The van der Waals surface area contributed by atoms with E-state index in [1.807, 2.05) is 61.5 Å². The molecule has 5 nitrogen and oxygen atoms in total. The third kappa shape index (κ3) is 4.15. The number of aliphatic imine (C=N–C) groups is 1.